The average molecular weight is 407 g/mol. The summed E-state index contributed by atoms with van der Waals surface area (Å²) in [6, 6.07) is 10.3. The first-order valence-corrected chi connectivity index (χ1v) is 12.2. The van der Waals surface area contributed by atoms with E-state index in [0.717, 1.165) is 26.1 Å². The van der Waals surface area contributed by atoms with Crippen LogP contribution in [-0.4, -0.2) is 32.5 Å². The molecule has 0 unspecified atom stereocenters. The van der Waals surface area contributed by atoms with Crippen molar-refractivity contribution in [3.8, 4) is 0 Å². The minimum absolute atomic E-state index is 0.00962. The van der Waals surface area contributed by atoms with Crippen LogP contribution in [0.1, 0.15) is 96.5 Å². The van der Waals surface area contributed by atoms with E-state index in [2.05, 4.69) is 38.1 Å². The highest BCUT2D eigenvalue weighted by Gasteiger charge is 2.10. The summed E-state index contributed by atoms with van der Waals surface area (Å²) in [5.74, 6) is 0. The lowest BCUT2D eigenvalue weighted by atomic mass is 10.1. The zero-order valence-electron chi connectivity index (χ0n) is 19.2. The van der Waals surface area contributed by atoms with E-state index in [4.69, 9.17) is 14.2 Å². The Kier molecular flexibility index (Phi) is 18.4. The molecule has 0 bridgehead atoms. The molecule has 0 saturated carbocycles. The van der Waals surface area contributed by atoms with Crippen LogP contribution in [0, 0.1) is 0 Å². The highest BCUT2D eigenvalue weighted by atomic mass is 16.6. The molecule has 0 spiro atoms. The lowest BCUT2D eigenvalue weighted by molar-refractivity contribution is -0.0674. The zero-order chi connectivity index (χ0) is 20.8. The van der Waals surface area contributed by atoms with Gasteiger partial charge in [-0.25, -0.2) is 0 Å². The number of hydrogen-bond donors (Lipinski definition) is 0. The minimum Gasteiger partial charge on any atom is -0.379 e. The van der Waals surface area contributed by atoms with Crippen molar-refractivity contribution in [3.63, 3.8) is 0 Å². The van der Waals surface area contributed by atoms with Crippen LogP contribution in [0.15, 0.2) is 30.3 Å². The monoisotopic (exact) mass is 406 g/mol. The van der Waals surface area contributed by atoms with Gasteiger partial charge in [0, 0.05) is 13.2 Å². The van der Waals surface area contributed by atoms with E-state index in [1.54, 1.807) is 0 Å². The molecule has 0 aliphatic heterocycles. The topological polar surface area (TPSA) is 27.7 Å². The van der Waals surface area contributed by atoms with Crippen LogP contribution in [-0.2, 0) is 20.8 Å². The van der Waals surface area contributed by atoms with Crippen LogP contribution in [0.4, 0.5) is 0 Å². The summed E-state index contributed by atoms with van der Waals surface area (Å²) in [5, 5.41) is 0. The molecule has 3 heteroatoms. The fraction of sp³-hybridized carbons (Fsp3) is 0.769. The SMILES string of the molecule is CCCCCCCCOCC(COCCCCCCCC)OCc1ccccc1. The van der Waals surface area contributed by atoms with Gasteiger partial charge >= 0.3 is 0 Å². The Morgan fingerprint density at radius 2 is 1.10 bits per heavy atom. The van der Waals surface area contributed by atoms with E-state index < -0.39 is 0 Å². The van der Waals surface area contributed by atoms with Crippen molar-refractivity contribution < 1.29 is 14.2 Å². The maximum atomic E-state index is 6.10. The lowest BCUT2D eigenvalue weighted by Crippen LogP contribution is -2.26. The number of rotatable bonds is 21. The molecule has 168 valence electrons. The summed E-state index contributed by atoms with van der Waals surface area (Å²) in [5.41, 5.74) is 1.20. The summed E-state index contributed by atoms with van der Waals surface area (Å²) in [7, 11) is 0. The second-order valence-corrected chi connectivity index (χ2v) is 8.10. The summed E-state index contributed by atoms with van der Waals surface area (Å²) < 4.78 is 17.9. The molecule has 0 aromatic heterocycles. The normalized spacial score (nSPS) is 11.4. The average Bonchev–Trinajstić information content (AvgIpc) is 2.75. The summed E-state index contributed by atoms with van der Waals surface area (Å²) in [6.45, 7) is 8.03. The van der Waals surface area contributed by atoms with Crippen LogP contribution < -0.4 is 0 Å². The van der Waals surface area contributed by atoms with Crippen LogP contribution in [0.2, 0.25) is 0 Å². The van der Waals surface area contributed by atoms with E-state index in [1.807, 2.05) is 6.07 Å². The van der Waals surface area contributed by atoms with Crippen molar-refractivity contribution in [3.05, 3.63) is 35.9 Å². The van der Waals surface area contributed by atoms with E-state index in [-0.39, 0.29) is 6.10 Å². The molecule has 1 aromatic carbocycles. The maximum Gasteiger partial charge on any atom is 0.105 e. The van der Waals surface area contributed by atoms with Gasteiger partial charge in [0.1, 0.15) is 6.10 Å². The van der Waals surface area contributed by atoms with Crippen molar-refractivity contribution in [1.29, 1.82) is 0 Å². The minimum atomic E-state index is 0.00962. The number of benzene rings is 1. The molecule has 0 amide bonds. The molecule has 0 heterocycles. The molecular formula is C26H46O3. The van der Waals surface area contributed by atoms with Crippen molar-refractivity contribution in [2.75, 3.05) is 26.4 Å². The van der Waals surface area contributed by atoms with Gasteiger partial charge in [-0.1, -0.05) is 108 Å². The van der Waals surface area contributed by atoms with Crippen molar-refractivity contribution in [1.82, 2.24) is 0 Å². The summed E-state index contributed by atoms with van der Waals surface area (Å²) >= 11 is 0. The largest absolute Gasteiger partial charge is 0.379 e. The zero-order valence-corrected chi connectivity index (χ0v) is 19.2. The van der Waals surface area contributed by atoms with Crippen LogP contribution in [0.25, 0.3) is 0 Å². The Balaban J connectivity index is 2.17. The molecule has 3 nitrogen and oxygen atoms in total. The molecule has 29 heavy (non-hydrogen) atoms. The van der Waals surface area contributed by atoms with E-state index in [9.17, 15) is 0 Å². The van der Waals surface area contributed by atoms with Gasteiger partial charge in [-0.15, -0.1) is 0 Å². The third-order valence-corrected chi connectivity index (χ3v) is 5.22. The predicted octanol–water partition coefficient (Wildman–Crippen LogP) is 7.33. The molecular weight excluding hydrogens is 360 g/mol. The molecule has 1 aromatic rings. The van der Waals surface area contributed by atoms with Gasteiger partial charge in [0.2, 0.25) is 0 Å². The second-order valence-electron chi connectivity index (χ2n) is 8.10. The molecule has 0 radical (unpaired) electrons. The van der Waals surface area contributed by atoms with E-state index in [1.165, 1.54) is 69.8 Å². The van der Waals surface area contributed by atoms with Gasteiger partial charge < -0.3 is 14.2 Å². The smallest absolute Gasteiger partial charge is 0.105 e. The first kappa shape index (κ1) is 26.1. The highest BCUT2D eigenvalue weighted by molar-refractivity contribution is 5.13. The highest BCUT2D eigenvalue weighted by Crippen LogP contribution is 2.08. The van der Waals surface area contributed by atoms with Gasteiger partial charge in [0.25, 0.3) is 0 Å². The van der Waals surface area contributed by atoms with Gasteiger partial charge in [-0.05, 0) is 18.4 Å². The lowest BCUT2D eigenvalue weighted by Gasteiger charge is -2.18. The molecule has 0 saturated heterocycles. The van der Waals surface area contributed by atoms with Gasteiger partial charge in [-0.2, -0.15) is 0 Å². The fourth-order valence-electron chi connectivity index (χ4n) is 3.33. The first-order chi connectivity index (χ1) is 14.4. The quantitative estimate of drug-likeness (QED) is 0.200. The number of hydrogen-bond acceptors (Lipinski definition) is 3. The second kappa shape index (κ2) is 20.4. The standard InChI is InChI=1S/C26H46O3/c1-3-5-7-9-11-16-20-27-23-26(29-22-25-18-14-13-15-19-25)24-28-21-17-12-10-8-6-4-2/h13-15,18-19,26H,3-12,16-17,20-24H2,1-2H3. The molecule has 0 atom stereocenters. The Labute approximate surface area is 180 Å². The van der Waals surface area contributed by atoms with E-state index >= 15 is 0 Å². The molecule has 1 rings (SSSR count). The Morgan fingerprint density at radius 3 is 1.62 bits per heavy atom. The van der Waals surface area contributed by atoms with Gasteiger partial charge in [-0.3, -0.25) is 0 Å². The third-order valence-electron chi connectivity index (χ3n) is 5.22. The molecule has 0 aliphatic rings. The Hall–Kier alpha value is -0.900. The van der Waals surface area contributed by atoms with Gasteiger partial charge in [0.05, 0.1) is 19.8 Å². The Morgan fingerprint density at radius 1 is 0.621 bits per heavy atom. The van der Waals surface area contributed by atoms with E-state index in [0.29, 0.717) is 19.8 Å². The molecule has 0 N–H and O–H groups in total. The number of unbranched alkanes of at least 4 members (excludes halogenated alkanes) is 10. The first-order valence-electron chi connectivity index (χ1n) is 12.2. The van der Waals surface area contributed by atoms with Crippen molar-refractivity contribution in [2.24, 2.45) is 0 Å². The van der Waals surface area contributed by atoms with Crippen molar-refractivity contribution in [2.45, 2.75) is 104 Å². The summed E-state index contributed by atoms with van der Waals surface area (Å²) in [6.07, 6.45) is 15.5. The maximum absolute atomic E-state index is 6.10. The van der Waals surface area contributed by atoms with Crippen LogP contribution in [0.5, 0.6) is 0 Å². The Bertz CT molecular complexity index is 415. The molecule has 0 aliphatic carbocycles. The van der Waals surface area contributed by atoms with Gasteiger partial charge in [0.15, 0.2) is 0 Å². The molecule has 0 fully saturated rings. The van der Waals surface area contributed by atoms with Crippen molar-refractivity contribution >= 4 is 0 Å². The number of ether oxygens (including phenoxy) is 3. The summed E-state index contributed by atoms with van der Waals surface area (Å²) in [4.78, 5) is 0. The van der Waals surface area contributed by atoms with Crippen LogP contribution >= 0.6 is 0 Å². The predicted molar refractivity (Wildman–Crippen MR) is 123 cm³/mol. The van der Waals surface area contributed by atoms with Crippen LogP contribution in [0.3, 0.4) is 0 Å². The third kappa shape index (κ3) is 16.6. The fourth-order valence-corrected chi connectivity index (χ4v) is 3.33.